The quantitative estimate of drug-likeness (QED) is 0.415. The number of rotatable bonds is 7. The molecule has 0 bridgehead atoms. The van der Waals surface area contributed by atoms with Gasteiger partial charge in [-0.25, -0.2) is 14.1 Å². The Morgan fingerprint density at radius 1 is 1.14 bits per heavy atom. The van der Waals surface area contributed by atoms with Crippen molar-refractivity contribution in [2.45, 2.75) is 19.8 Å². The van der Waals surface area contributed by atoms with Crippen molar-refractivity contribution in [1.29, 1.82) is 0 Å². The Labute approximate surface area is 171 Å². The van der Waals surface area contributed by atoms with Crippen molar-refractivity contribution >= 4 is 40.8 Å². The molecule has 29 heavy (non-hydrogen) atoms. The Kier molecular flexibility index (Phi) is 6.29. The van der Waals surface area contributed by atoms with Gasteiger partial charge in [-0.1, -0.05) is 31.0 Å². The number of ether oxygens (including phenoxy) is 1. The number of carbonyl (C=O) groups excluding carboxylic acids is 3. The number of hydrogen-bond donors (Lipinski definition) is 1. The Balaban J connectivity index is 1.81. The maximum absolute atomic E-state index is 13.1. The standard InChI is InChI=1S/C21H18ClFN2O4/c1-2-3-11-29-21(28)13-5-4-6-16(12-13)25-19(26)17(22)18(20(25)27)24-15-9-7-14(23)8-10-15/h4-10,12,24H,2-3,11H2,1H3. The van der Waals surface area contributed by atoms with Gasteiger partial charge in [0.1, 0.15) is 16.5 Å². The van der Waals surface area contributed by atoms with Gasteiger partial charge in [0.2, 0.25) is 0 Å². The maximum Gasteiger partial charge on any atom is 0.338 e. The van der Waals surface area contributed by atoms with E-state index in [0.717, 1.165) is 17.7 Å². The molecule has 0 aliphatic carbocycles. The molecule has 0 unspecified atom stereocenters. The molecule has 1 aliphatic heterocycles. The molecule has 150 valence electrons. The van der Waals surface area contributed by atoms with E-state index in [0.29, 0.717) is 12.3 Å². The number of halogens is 2. The summed E-state index contributed by atoms with van der Waals surface area (Å²) in [7, 11) is 0. The van der Waals surface area contributed by atoms with Crippen LogP contribution >= 0.6 is 11.6 Å². The van der Waals surface area contributed by atoms with E-state index in [2.05, 4.69) is 5.32 Å². The Bertz CT molecular complexity index is 988. The van der Waals surface area contributed by atoms with Gasteiger partial charge in [0.25, 0.3) is 11.8 Å². The van der Waals surface area contributed by atoms with E-state index >= 15 is 0 Å². The van der Waals surface area contributed by atoms with E-state index in [1.54, 1.807) is 6.07 Å². The molecule has 0 aromatic heterocycles. The van der Waals surface area contributed by atoms with Gasteiger partial charge in [-0.3, -0.25) is 9.59 Å². The van der Waals surface area contributed by atoms with Gasteiger partial charge in [0.05, 0.1) is 17.9 Å². The Morgan fingerprint density at radius 3 is 2.55 bits per heavy atom. The number of imide groups is 1. The van der Waals surface area contributed by atoms with Crippen molar-refractivity contribution in [3.63, 3.8) is 0 Å². The lowest BCUT2D eigenvalue weighted by Gasteiger charge is -2.16. The molecule has 1 heterocycles. The third-order valence-corrected chi connectivity index (χ3v) is 4.56. The Hall–Kier alpha value is -3.19. The average Bonchev–Trinajstić information content (AvgIpc) is 2.93. The second-order valence-electron chi connectivity index (χ2n) is 6.31. The van der Waals surface area contributed by atoms with Crippen LogP contribution in [0.5, 0.6) is 0 Å². The van der Waals surface area contributed by atoms with E-state index < -0.39 is 23.6 Å². The summed E-state index contributed by atoms with van der Waals surface area (Å²) >= 11 is 6.08. The van der Waals surface area contributed by atoms with Crippen LogP contribution < -0.4 is 10.2 Å². The number of benzene rings is 2. The molecule has 0 atom stereocenters. The molecule has 0 radical (unpaired) electrons. The highest BCUT2D eigenvalue weighted by molar-refractivity contribution is 6.53. The molecule has 3 rings (SSSR count). The third-order valence-electron chi connectivity index (χ3n) is 4.21. The summed E-state index contributed by atoms with van der Waals surface area (Å²) in [5.74, 6) is -2.38. The first-order valence-corrected chi connectivity index (χ1v) is 9.38. The summed E-state index contributed by atoms with van der Waals surface area (Å²) < 4.78 is 18.2. The van der Waals surface area contributed by atoms with Gasteiger partial charge in [-0.2, -0.15) is 0 Å². The zero-order chi connectivity index (χ0) is 21.0. The van der Waals surface area contributed by atoms with Crippen LogP contribution in [0.1, 0.15) is 30.1 Å². The fraction of sp³-hybridized carbons (Fsp3) is 0.190. The zero-order valence-electron chi connectivity index (χ0n) is 15.6. The van der Waals surface area contributed by atoms with Crippen molar-refractivity contribution in [2.75, 3.05) is 16.8 Å². The van der Waals surface area contributed by atoms with Crippen LogP contribution in [0.2, 0.25) is 0 Å². The molecular weight excluding hydrogens is 399 g/mol. The molecule has 2 amide bonds. The largest absolute Gasteiger partial charge is 0.462 e. The van der Waals surface area contributed by atoms with Crippen molar-refractivity contribution in [1.82, 2.24) is 0 Å². The minimum absolute atomic E-state index is 0.126. The topological polar surface area (TPSA) is 75.7 Å². The predicted molar refractivity (Wildman–Crippen MR) is 107 cm³/mol. The van der Waals surface area contributed by atoms with Crippen LogP contribution in [0.15, 0.2) is 59.3 Å². The number of anilines is 2. The molecule has 0 saturated carbocycles. The fourth-order valence-corrected chi connectivity index (χ4v) is 2.90. The highest BCUT2D eigenvalue weighted by Gasteiger charge is 2.39. The van der Waals surface area contributed by atoms with Crippen LogP contribution in [0.25, 0.3) is 0 Å². The molecule has 1 N–H and O–H groups in total. The molecular formula is C21H18ClFN2O4. The van der Waals surface area contributed by atoms with Crippen LogP contribution in [0.3, 0.4) is 0 Å². The normalized spacial score (nSPS) is 13.8. The lowest BCUT2D eigenvalue weighted by atomic mass is 10.2. The summed E-state index contributed by atoms with van der Waals surface area (Å²) in [5, 5.41) is 2.45. The minimum atomic E-state index is -0.724. The summed E-state index contributed by atoms with van der Waals surface area (Å²) in [6, 6.07) is 11.3. The lowest BCUT2D eigenvalue weighted by molar-refractivity contribution is -0.120. The van der Waals surface area contributed by atoms with Crippen molar-refractivity contribution < 1.29 is 23.5 Å². The van der Waals surface area contributed by atoms with E-state index in [4.69, 9.17) is 16.3 Å². The number of nitrogens with zero attached hydrogens (tertiary/aromatic N) is 1. The summed E-state index contributed by atoms with van der Waals surface area (Å²) in [6.07, 6.45) is 1.63. The molecule has 6 nitrogen and oxygen atoms in total. The summed E-state index contributed by atoms with van der Waals surface area (Å²) in [6.45, 7) is 2.27. The first kappa shape index (κ1) is 20.5. The number of amides is 2. The molecule has 1 aliphatic rings. The average molecular weight is 417 g/mol. The van der Waals surface area contributed by atoms with Crippen LogP contribution in [-0.4, -0.2) is 24.4 Å². The molecule has 0 spiro atoms. The van der Waals surface area contributed by atoms with E-state index in [1.165, 1.54) is 42.5 Å². The SMILES string of the molecule is CCCCOC(=O)c1cccc(N2C(=O)C(Cl)=C(Nc3ccc(F)cc3)C2=O)c1. The number of carbonyl (C=O) groups is 3. The third kappa shape index (κ3) is 4.46. The number of hydrogen-bond acceptors (Lipinski definition) is 5. The van der Waals surface area contributed by atoms with Gasteiger partial charge < -0.3 is 10.1 Å². The number of esters is 1. The van der Waals surface area contributed by atoms with Crippen molar-refractivity contribution in [3.05, 3.63) is 70.6 Å². The van der Waals surface area contributed by atoms with Crippen molar-refractivity contribution in [2.24, 2.45) is 0 Å². The minimum Gasteiger partial charge on any atom is -0.462 e. The smallest absolute Gasteiger partial charge is 0.338 e. The fourth-order valence-electron chi connectivity index (χ4n) is 2.69. The number of unbranched alkanes of at least 4 members (excludes halogenated alkanes) is 1. The summed E-state index contributed by atoms with van der Waals surface area (Å²) in [5.41, 5.74) is 0.685. The predicted octanol–water partition coefficient (Wildman–Crippen LogP) is 4.22. The highest BCUT2D eigenvalue weighted by Crippen LogP contribution is 2.30. The molecule has 2 aromatic rings. The van der Waals surface area contributed by atoms with Gasteiger partial charge >= 0.3 is 5.97 Å². The van der Waals surface area contributed by atoms with Gasteiger partial charge in [0.15, 0.2) is 0 Å². The number of nitrogens with one attached hydrogen (secondary N) is 1. The second-order valence-corrected chi connectivity index (χ2v) is 6.68. The second kappa shape index (κ2) is 8.87. The van der Waals surface area contributed by atoms with Gasteiger partial charge in [0, 0.05) is 5.69 Å². The first-order valence-electron chi connectivity index (χ1n) is 9.00. The Morgan fingerprint density at radius 2 is 1.86 bits per heavy atom. The van der Waals surface area contributed by atoms with Crippen LogP contribution in [-0.2, 0) is 14.3 Å². The molecule has 2 aromatic carbocycles. The van der Waals surface area contributed by atoms with Gasteiger partial charge in [-0.15, -0.1) is 0 Å². The molecule has 0 saturated heterocycles. The van der Waals surface area contributed by atoms with Crippen LogP contribution in [0, 0.1) is 5.82 Å². The highest BCUT2D eigenvalue weighted by atomic mass is 35.5. The van der Waals surface area contributed by atoms with E-state index in [1.807, 2.05) is 6.92 Å². The molecule has 8 heteroatoms. The van der Waals surface area contributed by atoms with Crippen molar-refractivity contribution in [3.8, 4) is 0 Å². The monoisotopic (exact) mass is 416 g/mol. The first-order chi connectivity index (χ1) is 13.9. The lowest BCUT2D eigenvalue weighted by Crippen LogP contribution is -2.32. The zero-order valence-corrected chi connectivity index (χ0v) is 16.3. The van der Waals surface area contributed by atoms with Crippen LogP contribution in [0.4, 0.5) is 15.8 Å². The van der Waals surface area contributed by atoms with E-state index in [9.17, 15) is 18.8 Å². The van der Waals surface area contributed by atoms with Gasteiger partial charge in [-0.05, 0) is 48.9 Å². The maximum atomic E-state index is 13.1. The summed E-state index contributed by atoms with van der Waals surface area (Å²) in [4.78, 5) is 38.4. The molecule has 0 fully saturated rings. The van der Waals surface area contributed by atoms with E-state index in [-0.39, 0.29) is 22.0 Å².